The Morgan fingerprint density at radius 2 is 1.72 bits per heavy atom. The van der Waals surface area contributed by atoms with E-state index < -0.39 is 28.7 Å². The summed E-state index contributed by atoms with van der Waals surface area (Å²) >= 11 is 0. The third-order valence-corrected chi connectivity index (χ3v) is 8.24. The molecule has 7 atom stereocenters. The highest BCUT2D eigenvalue weighted by atomic mass is 16.6. The van der Waals surface area contributed by atoms with Crippen LogP contribution in [-0.2, 0) is 20.8 Å². The van der Waals surface area contributed by atoms with Crippen molar-refractivity contribution in [3.63, 3.8) is 0 Å². The third kappa shape index (κ3) is 3.41. The number of amides is 3. The van der Waals surface area contributed by atoms with E-state index in [9.17, 15) is 24.5 Å². The number of nitro groups is 1. The summed E-state index contributed by atoms with van der Waals surface area (Å²) in [6.45, 7) is 0. The highest BCUT2D eigenvalue weighted by molar-refractivity contribution is 6.11. The summed E-state index contributed by atoms with van der Waals surface area (Å²) in [5, 5.41) is 13.9. The minimum absolute atomic E-state index is 0.0571. The van der Waals surface area contributed by atoms with Crippen LogP contribution in [0.2, 0.25) is 0 Å². The number of methoxy groups -OCH3 is 1. The van der Waals surface area contributed by atoms with Gasteiger partial charge in [-0.3, -0.25) is 29.4 Å². The largest absolute Gasteiger partial charge is 0.494 e. The minimum atomic E-state index is -1.06. The number of anilines is 1. The number of nitrogens with one attached hydrogen (secondary N) is 1. The molecule has 3 fully saturated rings. The lowest BCUT2D eigenvalue weighted by Crippen LogP contribution is -2.49. The Morgan fingerprint density at radius 3 is 2.31 bits per heavy atom. The summed E-state index contributed by atoms with van der Waals surface area (Å²) in [7, 11) is 1.35. The number of nitro benzene ring substituents is 1. The topological polar surface area (TPSA) is 119 Å². The van der Waals surface area contributed by atoms with Crippen molar-refractivity contribution in [2.45, 2.75) is 18.9 Å². The zero-order valence-corrected chi connectivity index (χ0v) is 19.6. The molecule has 0 unspecified atom stereocenters. The van der Waals surface area contributed by atoms with E-state index in [-0.39, 0.29) is 47.2 Å². The molecule has 2 aromatic carbocycles. The highest BCUT2D eigenvalue weighted by Crippen LogP contribution is 2.65. The number of ether oxygens (including phenoxy) is 1. The molecular weight excluding hydrogens is 462 g/mol. The van der Waals surface area contributed by atoms with Crippen LogP contribution in [0.1, 0.15) is 12.0 Å². The van der Waals surface area contributed by atoms with E-state index in [2.05, 4.69) is 17.5 Å². The molecule has 5 aliphatic rings. The summed E-state index contributed by atoms with van der Waals surface area (Å²) in [5.74, 6) is -0.756. The van der Waals surface area contributed by atoms with Crippen molar-refractivity contribution in [3.8, 4) is 5.75 Å². The van der Waals surface area contributed by atoms with Crippen LogP contribution in [0.15, 0.2) is 60.7 Å². The molecule has 1 saturated heterocycles. The Labute approximate surface area is 207 Å². The smallest absolute Gasteiger partial charge is 0.273 e. The Kier molecular flexibility index (Phi) is 5.17. The molecule has 7 rings (SSSR count). The van der Waals surface area contributed by atoms with E-state index in [1.165, 1.54) is 30.2 Å². The summed E-state index contributed by atoms with van der Waals surface area (Å²) in [6.07, 6.45) is 5.42. The number of hydrogen-bond donors (Lipinski definition) is 1. The molecule has 2 bridgehead atoms. The maximum absolute atomic E-state index is 13.7. The van der Waals surface area contributed by atoms with E-state index in [1.54, 1.807) is 0 Å². The fourth-order valence-electron chi connectivity index (χ4n) is 6.54. The monoisotopic (exact) mass is 487 g/mol. The predicted octanol–water partition coefficient (Wildman–Crippen LogP) is 3.21. The lowest BCUT2D eigenvalue weighted by Gasteiger charge is -2.37. The van der Waals surface area contributed by atoms with Gasteiger partial charge in [0.1, 0.15) is 11.8 Å². The van der Waals surface area contributed by atoms with Crippen molar-refractivity contribution in [2.75, 3.05) is 12.4 Å². The summed E-state index contributed by atoms with van der Waals surface area (Å²) in [4.78, 5) is 52.9. The SMILES string of the molecule is COc1cc([N+](=O)[O-])ccc1NC(=O)[C@@H](Cc1ccccc1)N1C(=O)[C@@H]2[C@@H]3C=C[C@H]([C@H]4C[C@@H]34)[C@@H]2C1=O. The Hall–Kier alpha value is -4.01. The first-order valence-electron chi connectivity index (χ1n) is 12.1. The molecule has 3 amide bonds. The van der Waals surface area contributed by atoms with Crippen molar-refractivity contribution < 1.29 is 24.0 Å². The van der Waals surface area contributed by atoms with Gasteiger partial charge in [-0.1, -0.05) is 42.5 Å². The molecule has 0 aromatic heterocycles. The van der Waals surface area contributed by atoms with Gasteiger partial charge in [0, 0.05) is 12.5 Å². The normalized spacial score (nSPS) is 30.0. The number of likely N-dealkylation sites (tertiary alicyclic amines) is 1. The molecule has 1 heterocycles. The molecule has 4 aliphatic carbocycles. The number of allylic oxidation sites excluding steroid dienone is 2. The minimum Gasteiger partial charge on any atom is -0.494 e. The van der Waals surface area contributed by atoms with Gasteiger partial charge in [0.05, 0.1) is 35.6 Å². The van der Waals surface area contributed by atoms with Crippen molar-refractivity contribution in [2.24, 2.45) is 35.5 Å². The molecule has 36 heavy (non-hydrogen) atoms. The summed E-state index contributed by atoms with van der Waals surface area (Å²) in [5.41, 5.74) is 0.861. The second-order valence-corrected chi connectivity index (χ2v) is 10.0. The summed E-state index contributed by atoms with van der Waals surface area (Å²) in [6, 6.07) is 12.1. The first kappa shape index (κ1) is 22.5. The number of rotatable bonds is 7. The maximum Gasteiger partial charge on any atom is 0.273 e. The molecule has 2 aromatic rings. The van der Waals surface area contributed by atoms with Gasteiger partial charge in [0.15, 0.2) is 0 Å². The van der Waals surface area contributed by atoms with Crippen LogP contribution in [-0.4, -0.2) is 40.7 Å². The van der Waals surface area contributed by atoms with Crippen LogP contribution in [0.25, 0.3) is 0 Å². The number of hydrogen-bond acceptors (Lipinski definition) is 6. The standard InChI is InChI=1S/C27H25N3O6/c1-36-22-12-15(30(34)35)7-10-20(22)28-25(31)21(11-14-5-3-2-4-6-14)29-26(32)23-16-8-9-17(19-13-18(16)19)24(23)27(29)33/h2-10,12,16-19,21,23-24H,11,13H2,1H3,(H,28,31)/t16-,17-,18-,19+,21-,23+,24-/m1/s1. The number of benzene rings is 2. The fraction of sp³-hybridized carbons (Fsp3) is 0.370. The van der Waals surface area contributed by atoms with Crippen molar-refractivity contribution in [1.29, 1.82) is 0 Å². The van der Waals surface area contributed by atoms with Crippen LogP contribution in [0.4, 0.5) is 11.4 Å². The van der Waals surface area contributed by atoms with Crippen molar-refractivity contribution in [3.05, 3.63) is 76.4 Å². The van der Waals surface area contributed by atoms with Crippen molar-refractivity contribution in [1.82, 2.24) is 4.90 Å². The second-order valence-electron chi connectivity index (χ2n) is 10.0. The quantitative estimate of drug-likeness (QED) is 0.277. The number of non-ortho nitro benzene ring substituents is 1. The van der Waals surface area contributed by atoms with Crippen LogP contribution in [0, 0.1) is 45.6 Å². The number of carbonyl (C=O) groups is 3. The maximum atomic E-state index is 13.7. The van der Waals surface area contributed by atoms with Crippen LogP contribution in [0.3, 0.4) is 0 Å². The van der Waals surface area contributed by atoms with Crippen LogP contribution < -0.4 is 10.1 Å². The molecule has 0 spiro atoms. The van der Waals surface area contributed by atoms with E-state index in [0.717, 1.165) is 12.0 Å². The van der Waals surface area contributed by atoms with Gasteiger partial charge in [-0.05, 0) is 41.7 Å². The van der Waals surface area contributed by atoms with E-state index in [4.69, 9.17) is 4.74 Å². The van der Waals surface area contributed by atoms with Gasteiger partial charge in [0.25, 0.3) is 5.69 Å². The first-order chi connectivity index (χ1) is 17.4. The molecule has 184 valence electrons. The van der Waals surface area contributed by atoms with Crippen molar-refractivity contribution >= 4 is 29.1 Å². The van der Waals surface area contributed by atoms with Gasteiger partial charge in [0.2, 0.25) is 17.7 Å². The zero-order chi connectivity index (χ0) is 25.1. The lowest BCUT2D eigenvalue weighted by atomic mass is 9.63. The third-order valence-electron chi connectivity index (χ3n) is 8.24. The zero-order valence-electron chi connectivity index (χ0n) is 19.6. The molecule has 1 N–H and O–H groups in total. The van der Waals surface area contributed by atoms with E-state index in [0.29, 0.717) is 11.8 Å². The molecule has 2 saturated carbocycles. The Morgan fingerprint density at radius 1 is 1.08 bits per heavy atom. The molecule has 9 nitrogen and oxygen atoms in total. The highest BCUT2D eigenvalue weighted by Gasteiger charge is 2.67. The van der Waals surface area contributed by atoms with Gasteiger partial charge in [-0.2, -0.15) is 0 Å². The first-order valence-corrected chi connectivity index (χ1v) is 12.1. The molecule has 9 heteroatoms. The number of nitrogens with zero attached hydrogens (tertiary/aromatic N) is 2. The predicted molar refractivity (Wildman–Crippen MR) is 129 cm³/mol. The average Bonchev–Trinajstić information content (AvgIpc) is 3.67. The molecular formula is C27H25N3O6. The Balaban J connectivity index is 1.33. The van der Waals surface area contributed by atoms with Crippen LogP contribution in [0.5, 0.6) is 5.75 Å². The van der Waals surface area contributed by atoms with Gasteiger partial charge >= 0.3 is 0 Å². The fourth-order valence-corrected chi connectivity index (χ4v) is 6.54. The molecule has 0 radical (unpaired) electrons. The van der Waals surface area contributed by atoms with E-state index in [1.807, 2.05) is 30.3 Å². The Bertz CT molecular complexity index is 1270. The lowest BCUT2D eigenvalue weighted by molar-refractivity contribution is -0.384. The second kappa shape index (κ2) is 8.29. The number of carbonyl (C=O) groups excluding carboxylic acids is 3. The van der Waals surface area contributed by atoms with E-state index >= 15 is 0 Å². The van der Waals surface area contributed by atoms with Crippen LogP contribution >= 0.6 is 0 Å². The average molecular weight is 488 g/mol. The summed E-state index contributed by atoms with van der Waals surface area (Å²) < 4.78 is 5.26. The number of imide groups is 1. The van der Waals surface area contributed by atoms with Gasteiger partial charge in [-0.25, -0.2) is 0 Å². The molecule has 1 aliphatic heterocycles. The van der Waals surface area contributed by atoms with Gasteiger partial charge < -0.3 is 10.1 Å². The van der Waals surface area contributed by atoms with Gasteiger partial charge in [-0.15, -0.1) is 0 Å².